The van der Waals surface area contributed by atoms with E-state index in [2.05, 4.69) is 0 Å². The quantitative estimate of drug-likeness (QED) is 0.855. The van der Waals surface area contributed by atoms with Gasteiger partial charge in [-0.15, -0.1) is 24.2 Å². The predicted octanol–water partition coefficient (Wildman–Crippen LogP) is 2.21. The Morgan fingerprint density at radius 3 is 2.63 bits per heavy atom. The largest absolute Gasteiger partial charge is 0.326 e. The van der Waals surface area contributed by atoms with Gasteiger partial charge in [-0.05, 0) is 30.9 Å². The maximum atomic E-state index is 12.3. The van der Waals surface area contributed by atoms with E-state index in [1.807, 2.05) is 6.26 Å². The zero-order valence-electron chi connectivity index (χ0n) is 10.4. The topological polar surface area (TPSA) is 63.4 Å². The molecule has 1 saturated heterocycles. The van der Waals surface area contributed by atoms with Crippen molar-refractivity contribution in [3.8, 4) is 0 Å². The Labute approximate surface area is 129 Å². The van der Waals surface area contributed by atoms with E-state index >= 15 is 0 Å². The van der Waals surface area contributed by atoms with Crippen LogP contribution in [0.25, 0.3) is 0 Å². The molecule has 1 aromatic rings. The fourth-order valence-electron chi connectivity index (χ4n) is 1.93. The van der Waals surface area contributed by atoms with Crippen molar-refractivity contribution in [2.24, 2.45) is 5.73 Å². The van der Waals surface area contributed by atoms with Gasteiger partial charge in [0, 0.05) is 24.0 Å². The first-order valence-corrected chi connectivity index (χ1v) is 8.58. The first kappa shape index (κ1) is 17.1. The summed E-state index contributed by atoms with van der Waals surface area (Å²) in [6.07, 6.45) is 2.60. The van der Waals surface area contributed by atoms with Crippen molar-refractivity contribution in [1.29, 1.82) is 0 Å². The fraction of sp³-hybridized carbons (Fsp3) is 0.455. The van der Waals surface area contributed by atoms with Crippen LogP contribution in [0.1, 0.15) is 6.42 Å². The molecule has 8 heteroatoms. The number of rotatable bonds is 3. The molecule has 1 fully saturated rings. The molecule has 0 unspecified atom stereocenters. The SMILES string of the molecule is CSc1ccc(S(=O)(=O)N2CC[C@@H](N)C2)cc1Cl.Cl. The van der Waals surface area contributed by atoms with Gasteiger partial charge in [-0.25, -0.2) is 8.42 Å². The van der Waals surface area contributed by atoms with Crippen LogP contribution in [0.4, 0.5) is 0 Å². The number of hydrogen-bond donors (Lipinski definition) is 1. The third-order valence-electron chi connectivity index (χ3n) is 2.95. The second-order valence-electron chi connectivity index (χ2n) is 4.21. The third kappa shape index (κ3) is 3.56. The highest BCUT2D eigenvalue weighted by atomic mass is 35.5. The van der Waals surface area contributed by atoms with Gasteiger partial charge in [-0.2, -0.15) is 4.31 Å². The van der Waals surface area contributed by atoms with Crippen LogP contribution in [0, 0.1) is 0 Å². The second-order valence-corrected chi connectivity index (χ2v) is 7.40. The Hall–Kier alpha value is 0.0200. The van der Waals surface area contributed by atoms with Crippen LogP contribution in [0.5, 0.6) is 0 Å². The summed E-state index contributed by atoms with van der Waals surface area (Å²) < 4.78 is 26.1. The number of thioether (sulfide) groups is 1. The Balaban J connectivity index is 0.00000180. The van der Waals surface area contributed by atoms with Crippen LogP contribution < -0.4 is 5.73 Å². The fourth-order valence-corrected chi connectivity index (χ4v) is 4.40. The molecule has 0 saturated carbocycles. The molecule has 1 heterocycles. The van der Waals surface area contributed by atoms with Crippen molar-refractivity contribution in [2.45, 2.75) is 22.3 Å². The highest BCUT2D eigenvalue weighted by Gasteiger charge is 2.31. The summed E-state index contributed by atoms with van der Waals surface area (Å²) in [5.74, 6) is 0. The van der Waals surface area contributed by atoms with Gasteiger partial charge in [0.2, 0.25) is 10.0 Å². The lowest BCUT2D eigenvalue weighted by Gasteiger charge is -2.16. The van der Waals surface area contributed by atoms with Gasteiger partial charge in [0.05, 0.1) is 9.92 Å². The van der Waals surface area contributed by atoms with Crippen molar-refractivity contribution in [1.82, 2.24) is 4.31 Å². The normalized spacial score (nSPS) is 20.3. The third-order valence-corrected chi connectivity index (χ3v) is 6.03. The van der Waals surface area contributed by atoms with E-state index in [1.165, 1.54) is 22.1 Å². The minimum atomic E-state index is -3.46. The lowest BCUT2D eigenvalue weighted by atomic mass is 10.3. The van der Waals surface area contributed by atoms with Crippen LogP contribution in [0.15, 0.2) is 28.0 Å². The van der Waals surface area contributed by atoms with Crippen LogP contribution in [0.2, 0.25) is 5.02 Å². The maximum absolute atomic E-state index is 12.3. The van der Waals surface area contributed by atoms with E-state index in [0.717, 1.165) is 4.90 Å². The first-order valence-electron chi connectivity index (χ1n) is 5.54. The molecule has 19 heavy (non-hydrogen) atoms. The molecule has 1 atom stereocenters. The smallest absolute Gasteiger partial charge is 0.243 e. The Bertz CT molecular complexity index is 552. The summed E-state index contributed by atoms with van der Waals surface area (Å²) in [7, 11) is -3.46. The first-order chi connectivity index (χ1) is 8.45. The summed E-state index contributed by atoms with van der Waals surface area (Å²) in [6.45, 7) is 0.857. The van der Waals surface area contributed by atoms with Crippen molar-refractivity contribution in [3.63, 3.8) is 0 Å². The van der Waals surface area contributed by atoms with E-state index < -0.39 is 10.0 Å². The number of benzene rings is 1. The number of hydrogen-bond acceptors (Lipinski definition) is 4. The Kier molecular flexibility index (Phi) is 5.97. The summed E-state index contributed by atoms with van der Waals surface area (Å²) in [6, 6.07) is 4.76. The van der Waals surface area contributed by atoms with Crippen molar-refractivity contribution in [2.75, 3.05) is 19.3 Å². The molecule has 108 valence electrons. The van der Waals surface area contributed by atoms with Crippen LogP contribution in [-0.4, -0.2) is 38.1 Å². The minimum Gasteiger partial charge on any atom is -0.326 e. The Morgan fingerprint density at radius 2 is 2.16 bits per heavy atom. The zero-order valence-corrected chi connectivity index (χ0v) is 13.6. The monoisotopic (exact) mass is 342 g/mol. The van der Waals surface area contributed by atoms with Crippen molar-refractivity contribution >= 4 is 45.8 Å². The summed E-state index contributed by atoms with van der Waals surface area (Å²) >= 11 is 7.53. The highest BCUT2D eigenvalue weighted by molar-refractivity contribution is 7.98. The van der Waals surface area contributed by atoms with Gasteiger partial charge < -0.3 is 5.73 Å². The predicted molar refractivity (Wildman–Crippen MR) is 81.8 cm³/mol. The molecule has 0 amide bonds. The molecular weight excluding hydrogens is 327 g/mol. The van der Waals surface area contributed by atoms with Gasteiger partial charge in [-0.3, -0.25) is 0 Å². The highest BCUT2D eigenvalue weighted by Crippen LogP contribution is 2.29. The number of nitrogens with two attached hydrogens (primary N) is 1. The average Bonchev–Trinajstić information content (AvgIpc) is 2.76. The summed E-state index contributed by atoms with van der Waals surface area (Å²) in [5, 5.41) is 0.465. The molecule has 0 aromatic heterocycles. The van der Waals surface area contributed by atoms with Gasteiger partial charge in [-0.1, -0.05) is 11.6 Å². The molecule has 4 nitrogen and oxygen atoms in total. The molecule has 1 aliphatic heterocycles. The lowest BCUT2D eigenvalue weighted by molar-refractivity contribution is 0.472. The molecule has 0 aliphatic carbocycles. The molecular formula is C11H16Cl2N2O2S2. The molecule has 0 spiro atoms. The summed E-state index contributed by atoms with van der Waals surface area (Å²) in [5.41, 5.74) is 5.74. The van der Waals surface area contributed by atoms with Gasteiger partial charge >= 0.3 is 0 Å². The molecule has 0 radical (unpaired) electrons. The number of nitrogens with zero attached hydrogens (tertiary/aromatic N) is 1. The van der Waals surface area contributed by atoms with E-state index in [0.29, 0.717) is 24.5 Å². The lowest BCUT2D eigenvalue weighted by Crippen LogP contribution is -2.31. The zero-order chi connectivity index (χ0) is 13.3. The van der Waals surface area contributed by atoms with Crippen LogP contribution in [0.3, 0.4) is 0 Å². The van der Waals surface area contributed by atoms with Crippen LogP contribution >= 0.6 is 35.8 Å². The average molecular weight is 343 g/mol. The number of sulfonamides is 1. The van der Waals surface area contributed by atoms with E-state index in [-0.39, 0.29) is 23.3 Å². The maximum Gasteiger partial charge on any atom is 0.243 e. The minimum absolute atomic E-state index is 0. The van der Waals surface area contributed by atoms with E-state index in [1.54, 1.807) is 12.1 Å². The van der Waals surface area contributed by atoms with Gasteiger partial charge in [0.25, 0.3) is 0 Å². The standard InChI is InChI=1S/C11H15ClN2O2S2.ClH/c1-17-11-3-2-9(6-10(11)12)18(15,16)14-5-4-8(13)7-14;/h2-3,6,8H,4-5,7,13H2,1H3;1H/t8-;/m1./s1. The second kappa shape index (κ2) is 6.65. The van der Waals surface area contributed by atoms with Crippen LogP contribution in [-0.2, 0) is 10.0 Å². The van der Waals surface area contributed by atoms with E-state index in [9.17, 15) is 8.42 Å². The molecule has 2 N–H and O–H groups in total. The van der Waals surface area contributed by atoms with Gasteiger partial charge in [0.1, 0.15) is 0 Å². The Morgan fingerprint density at radius 1 is 1.47 bits per heavy atom. The van der Waals surface area contributed by atoms with Crippen molar-refractivity contribution in [3.05, 3.63) is 23.2 Å². The summed E-state index contributed by atoms with van der Waals surface area (Å²) in [4.78, 5) is 1.10. The molecule has 1 aromatic carbocycles. The number of halogens is 2. The molecule has 2 rings (SSSR count). The molecule has 1 aliphatic rings. The molecule has 0 bridgehead atoms. The van der Waals surface area contributed by atoms with E-state index in [4.69, 9.17) is 17.3 Å². The van der Waals surface area contributed by atoms with Gasteiger partial charge in [0.15, 0.2) is 0 Å². The van der Waals surface area contributed by atoms with Crippen molar-refractivity contribution < 1.29 is 8.42 Å².